The van der Waals surface area contributed by atoms with Crippen molar-refractivity contribution < 1.29 is 81.1 Å². The van der Waals surface area contributed by atoms with Gasteiger partial charge in [0, 0.05) is 103 Å². The van der Waals surface area contributed by atoms with Crippen LogP contribution in [0.4, 0.5) is 52.7 Å². The van der Waals surface area contributed by atoms with Gasteiger partial charge >= 0.3 is 0 Å². The van der Waals surface area contributed by atoms with Crippen LogP contribution in [0.5, 0.6) is 63.9 Å². The maximum atomic E-state index is 14.2. The van der Waals surface area contributed by atoms with Gasteiger partial charge in [-0.25, -0.2) is 75.3 Å². The lowest BCUT2D eigenvalue weighted by Crippen LogP contribution is -2.11. The van der Waals surface area contributed by atoms with E-state index in [2.05, 4.69) is 25.5 Å². The lowest BCUT2D eigenvalue weighted by Gasteiger charge is -2.12. The molecule has 0 bridgehead atoms. The summed E-state index contributed by atoms with van der Waals surface area (Å²) >= 11 is 18.0. The summed E-state index contributed by atoms with van der Waals surface area (Å²) in [5.41, 5.74) is -3.08. The Kier molecular flexibility index (Phi) is 42.3. The summed E-state index contributed by atoms with van der Waals surface area (Å²) in [6.07, 6.45) is 6.92. The number of aryl methyl sites for hydroxylation is 1. The molecule has 0 fully saturated rings. The average Bonchev–Trinajstić information content (AvgIpc) is 0.783. The third-order valence-electron chi connectivity index (χ3n) is 20.4. The van der Waals surface area contributed by atoms with E-state index in [-0.39, 0.29) is 182 Å². The van der Waals surface area contributed by atoms with Crippen molar-refractivity contribution in [2.24, 2.45) is 0 Å². The van der Waals surface area contributed by atoms with E-state index in [0.29, 0.717) is 49.9 Å². The van der Waals surface area contributed by atoms with Gasteiger partial charge in [-0.05, 0) is 170 Å². The fraction of sp³-hybridized carbons (Fsp3) is 0.107. The summed E-state index contributed by atoms with van der Waals surface area (Å²) in [6, 6.07) is 66.7. The number of ether oxygens (including phenoxy) is 6. The molecular weight excluding hydrogens is 2000 g/mol. The molecule has 768 valence electrons. The van der Waals surface area contributed by atoms with Crippen molar-refractivity contribution in [3.63, 3.8) is 0 Å². The van der Waals surface area contributed by atoms with Crippen LogP contribution in [0.15, 0.2) is 346 Å². The molecule has 21 nitrogen and oxygen atoms in total. The van der Waals surface area contributed by atoms with E-state index >= 15 is 0 Å². The lowest BCUT2D eigenvalue weighted by molar-refractivity contribution is 0.372. The topological polar surface area (TPSA) is 227 Å². The van der Waals surface area contributed by atoms with Crippen LogP contribution in [0.3, 0.4) is 0 Å². The highest BCUT2D eigenvalue weighted by molar-refractivity contribution is 6.35. The minimum atomic E-state index is -0.920. The second kappa shape index (κ2) is 52.4. The van der Waals surface area contributed by atoms with Gasteiger partial charge in [-0.1, -0.05) is 176 Å². The van der Waals surface area contributed by atoms with Crippen molar-refractivity contribution in [2.75, 3.05) is 7.11 Å². The van der Waals surface area contributed by atoms with Crippen LogP contribution in [-0.2, 0) is 0 Å². The van der Waals surface area contributed by atoms with E-state index in [4.69, 9.17) is 63.2 Å². The number of pyridine rings is 5. The minimum absolute atomic E-state index is 0. The van der Waals surface area contributed by atoms with Crippen LogP contribution in [0, 0.1) is 76.7 Å². The maximum absolute atomic E-state index is 14.2. The van der Waals surface area contributed by atoms with E-state index in [1.807, 2.05) is 25.1 Å². The van der Waals surface area contributed by atoms with Crippen molar-refractivity contribution in [2.45, 2.75) is 81.2 Å². The molecule has 0 aliphatic rings. The number of rotatable bonds is 16. The fourth-order valence-electron chi connectivity index (χ4n) is 14.2. The van der Waals surface area contributed by atoms with Crippen LogP contribution in [0.1, 0.15) is 79.8 Å². The Balaban J connectivity index is 0.000000278. The predicted octanol–water partition coefficient (Wildman–Crippen LogP) is 31.1. The van der Waals surface area contributed by atoms with E-state index in [0.717, 1.165) is 84.4 Å². The average molecular weight is 2100 g/mol. The Morgan fingerprint density at radius 2 is 0.493 bits per heavy atom. The predicted molar refractivity (Wildman–Crippen MR) is 560 cm³/mol. The Bertz CT molecular complexity index is 8200. The number of hydrogen-bond donors (Lipinski definition) is 0. The quantitative estimate of drug-likeness (QED) is 0.0819. The molecular formula is C112H99Cl3F12N10O11. The standard InChI is InChI=1S/C21H14F2N2O3.C21H14F2N2O2.C20H10Cl2F2N2O2.C20H11ClF2N2O2.C20H10F4N2O2.10CH4/c1-27-17-7-2-3-8-18(17)28-19-10-9-15-21(16(26)11-12-25(15)24-19)20-13(22)5-4-6-14(20)23;1-13-4-2-5-14(12-13)27-19-9-8-17-21(18(26)10-11-25(17)24-19)20-15(22)6-3-7-16(20)23;21-11-4-6-17(12(22)10-11)28-18-7-5-15-20(16(27)8-9-26(15)25-18)19-13(23)2-1-3-14(19)24;21-12-4-1-2-7-17(12)27-18-9-8-15-20(16(26)10-11-25(15)24-18)19-13(22)5-3-6-14(19)23;21-11-4-6-17(14(24)10-11)28-18-7-5-15-20(16(27)8-9-26(15)25-18)19-12(22)2-1-3-13(19)23;;;;;;;;;;/h2-12H,1H3;2-12H,1H3;1-10H;1-11H;1-10H;10*1H4. The zero-order valence-corrected chi connectivity index (χ0v) is 73.0. The number of benzene rings is 10. The highest BCUT2D eigenvalue weighted by Gasteiger charge is 2.26. The zero-order valence-electron chi connectivity index (χ0n) is 70.7. The molecule has 10 aromatic carbocycles. The molecule has 0 aliphatic carbocycles. The summed E-state index contributed by atoms with van der Waals surface area (Å²) in [5, 5.41) is 22.3. The summed E-state index contributed by atoms with van der Waals surface area (Å²) in [7, 11) is 1.52. The molecule has 10 aromatic heterocycles. The first-order valence-electron chi connectivity index (χ1n) is 40.6. The Labute approximate surface area is 858 Å². The number of nitrogens with zero attached hydrogens (tertiary/aromatic N) is 10. The van der Waals surface area contributed by atoms with Gasteiger partial charge in [0.1, 0.15) is 81.2 Å². The zero-order chi connectivity index (χ0) is 97.3. The van der Waals surface area contributed by atoms with E-state index in [1.165, 1.54) is 170 Å². The fourth-order valence-corrected chi connectivity index (χ4v) is 14.8. The monoisotopic (exact) mass is 2090 g/mol. The second-order valence-electron chi connectivity index (χ2n) is 29.3. The van der Waals surface area contributed by atoms with Crippen LogP contribution < -0.4 is 55.6 Å². The van der Waals surface area contributed by atoms with Gasteiger partial charge in [-0.2, -0.15) is 0 Å². The number of halogens is 15. The Morgan fingerprint density at radius 3 is 0.784 bits per heavy atom. The van der Waals surface area contributed by atoms with E-state index < -0.39 is 108 Å². The third-order valence-corrected chi connectivity index (χ3v) is 21.2. The van der Waals surface area contributed by atoms with Gasteiger partial charge in [0.2, 0.25) is 29.4 Å². The van der Waals surface area contributed by atoms with Gasteiger partial charge < -0.3 is 28.4 Å². The van der Waals surface area contributed by atoms with Gasteiger partial charge in [-0.15, -0.1) is 25.5 Å². The highest BCUT2D eigenvalue weighted by atomic mass is 35.5. The van der Waals surface area contributed by atoms with Crippen molar-refractivity contribution in [1.29, 1.82) is 0 Å². The minimum Gasteiger partial charge on any atom is -0.493 e. The summed E-state index contributed by atoms with van der Waals surface area (Å²) in [4.78, 5) is 61.7. The molecule has 36 heteroatoms. The second-order valence-corrected chi connectivity index (χ2v) is 30.6. The van der Waals surface area contributed by atoms with Crippen molar-refractivity contribution in [1.82, 2.24) is 48.1 Å². The van der Waals surface area contributed by atoms with Crippen LogP contribution in [0.25, 0.3) is 83.2 Å². The van der Waals surface area contributed by atoms with Crippen molar-refractivity contribution in [3.8, 4) is 120 Å². The van der Waals surface area contributed by atoms with E-state index in [9.17, 15) is 76.7 Å². The summed E-state index contributed by atoms with van der Waals surface area (Å²) in [6.45, 7) is 1.94. The first-order chi connectivity index (χ1) is 66.5. The SMILES string of the molecule is C.C.C.C.C.C.C.C.C.C.COc1ccccc1Oc1ccc2c(-c3c(F)cccc3F)c(=O)ccn2n1.Cc1cccc(Oc2ccc3c(-c4c(F)cccc4F)c(=O)ccn3n2)c1.O=c1ccn2nc(Oc3ccc(Cl)cc3Cl)ccc2c1-c1c(F)cccc1F.O=c1ccn2nc(Oc3ccc(F)cc3F)ccc2c1-c1c(F)cccc1F.O=c1ccn2nc(Oc3ccccc3Cl)ccc2c1-c1c(F)cccc1F. The number of fused-ring (bicyclic) bond motifs is 5. The molecule has 0 aliphatic heterocycles. The number of hydrogen-bond acceptors (Lipinski definition) is 16. The summed E-state index contributed by atoms with van der Waals surface area (Å²) in [5.74, 6) is -7.12. The molecule has 10 heterocycles. The van der Waals surface area contributed by atoms with Crippen LogP contribution >= 0.6 is 34.8 Å². The molecule has 0 spiro atoms. The first kappa shape index (κ1) is 120. The number of para-hydroxylation sites is 3. The van der Waals surface area contributed by atoms with Crippen molar-refractivity contribution >= 4 is 62.4 Å². The molecule has 0 amide bonds. The van der Waals surface area contributed by atoms with Gasteiger partial charge in [0.05, 0.1) is 100 Å². The third kappa shape index (κ3) is 26.3. The smallest absolute Gasteiger partial charge is 0.237 e. The summed E-state index contributed by atoms with van der Waals surface area (Å²) < 4.78 is 209. The van der Waals surface area contributed by atoms with Gasteiger partial charge in [0.25, 0.3) is 0 Å². The molecule has 0 saturated carbocycles. The Hall–Kier alpha value is -17.2. The van der Waals surface area contributed by atoms with E-state index in [1.54, 1.807) is 78.9 Å². The molecule has 20 aromatic rings. The highest BCUT2D eigenvalue weighted by Crippen LogP contribution is 2.39. The largest absolute Gasteiger partial charge is 0.493 e. The molecule has 0 atom stereocenters. The van der Waals surface area contributed by atoms with Crippen LogP contribution in [-0.4, -0.2) is 55.2 Å². The first-order valence-corrected chi connectivity index (χ1v) is 41.8. The molecule has 20 rings (SSSR count). The maximum Gasteiger partial charge on any atom is 0.237 e. The molecule has 0 saturated heterocycles. The van der Waals surface area contributed by atoms with Crippen molar-refractivity contribution in [3.05, 3.63) is 464 Å². The Morgan fingerprint density at radius 1 is 0.230 bits per heavy atom. The molecule has 148 heavy (non-hydrogen) atoms. The number of aromatic nitrogens is 10. The normalized spacial score (nSPS) is 10.2. The van der Waals surface area contributed by atoms with Gasteiger partial charge in [0.15, 0.2) is 50.2 Å². The molecule has 0 radical (unpaired) electrons. The molecule has 0 N–H and O–H groups in total. The number of methoxy groups -OCH3 is 1. The lowest BCUT2D eigenvalue weighted by atomic mass is 10.0. The molecule has 0 unspecified atom stereocenters. The van der Waals surface area contributed by atoms with Gasteiger partial charge in [-0.3, -0.25) is 24.0 Å². The van der Waals surface area contributed by atoms with Crippen LogP contribution in [0.2, 0.25) is 15.1 Å².